The Kier molecular flexibility index (Phi) is 5.76. The lowest BCUT2D eigenvalue weighted by Gasteiger charge is -2.13. The third kappa shape index (κ3) is 4.75. The molecule has 2 N–H and O–H groups in total. The number of carboxylic acids is 1. The summed E-state index contributed by atoms with van der Waals surface area (Å²) in [6, 6.07) is 4.54. The molecular weight excluding hydrogens is 264 g/mol. The molecule has 20 heavy (non-hydrogen) atoms. The number of methoxy groups -OCH3 is 1. The summed E-state index contributed by atoms with van der Waals surface area (Å²) in [5.74, 6) is -0.431. The summed E-state index contributed by atoms with van der Waals surface area (Å²) in [6.45, 7) is 2.53. The molecule has 0 heterocycles. The van der Waals surface area contributed by atoms with Crippen LogP contribution in [0.4, 0.5) is 11.4 Å². The first-order valence-corrected chi connectivity index (χ1v) is 6.22. The average molecular weight is 282 g/mol. The molecule has 0 amide bonds. The Morgan fingerprint density at radius 3 is 2.80 bits per heavy atom. The van der Waals surface area contributed by atoms with E-state index in [4.69, 9.17) is 9.84 Å². The van der Waals surface area contributed by atoms with Crippen molar-refractivity contribution in [2.75, 3.05) is 19.0 Å². The number of nitro groups is 1. The Morgan fingerprint density at radius 1 is 1.55 bits per heavy atom. The van der Waals surface area contributed by atoms with Crippen molar-refractivity contribution in [2.45, 2.75) is 19.8 Å². The number of aliphatic carboxylic acids is 1. The fraction of sp³-hybridized carbons (Fsp3) is 0.462. The highest BCUT2D eigenvalue weighted by atomic mass is 16.6. The largest absolute Gasteiger partial charge is 0.490 e. The molecule has 7 nitrogen and oxygen atoms in total. The highest BCUT2D eigenvalue weighted by molar-refractivity contribution is 5.66. The lowest BCUT2D eigenvalue weighted by molar-refractivity contribution is -0.385. The van der Waals surface area contributed by atoms with E-state index in [0.29, 0.717) is 18.7 Å². The number of ether oxygens (including phenoxy) is 1. The lowest BCUT2D eigenvalue weighted by Crippen LogP contribution is -2.12. The molecule has 0 spiro atoms. The van der Waals surface area contributed by atoms with Gasteiger partial charge in [0.2, 0.25) is 0 Å². The van der Waals surface area contributed by atoms with Gasteiger partial charge in [-0.1, -0.05) is 6.92 Å². The van der Waals surface area contributed by atoms with Crippen LogP contribution in [0.2, 0.25) is 0 Å². The number of nitrogens with one attached hydrogen (secondary N) is 1. The standard InChI is InChI=1S/C13H18N2O5/c1-9(3-6-13(16)17)8-14-10-4-5-11(15(18)19)12(7-10)20-2/h4-5,7,9,14H,3,6,8H2,1-2H3,(H,16,17). The summed E-state index contributed by atoms with van der Waals surface area (Å²) in [5.41, 5.74) is 0.617. The molecule has 1 aromatic carbocycles. The quantitative estimate of drug-likeness (QED) is 0.561. The molecule has 0 aromatic heterocycles. The monoisotopic (exact) mass is 282 g/mol. The minimum Gasteiger partial charge on any atom is -0.490 e. The van der Waals surface area contributed by atoms with E-state index in [2.05, 4.69) is 5.32 Å². The fourth-order valence-corrected chi connectivity index (χ4v) is 1.70. The summed E-state index contributed by atoms with van der Waals surface area (Å²) in [5, 5.41) is 22.5. The summed E-state index contributed by atoms with van der Waals surface area (Å²) < 4.78 is 4.97. The molecule has 0 bridgehead atoms. The first kappa shape index (κ1) is 15.7. The fourth-order valence-electron chi connectivity index (χ4n) is 1.70. The van der Waals surface area contributed by atoms with Gasteiger partial charge in [0.1, 0.15) is 0 Å². The van der Waals surface area contributed by atoms with Crippen molar-refractivity contribution in [2.24, 2.45) is 5.92 Å². The summed E-state index contributed by atoms with van der Waals surface area (Å²) >= 11 is 0. The maximum atomic E-state index is 10.8. The normalized spacial score (nSPS) is 11.7. The van der Waals surface area contributed by atoms with Gasteiger partial charge in [0.05, 0.1) is 12.0 Å². The zero-order chi connectivity index (χ0) is 15.1. The predicted octanol–water partition coefficient (Wildman–Crippen LogP) is 2.52. The molecule has 0 aliphatic rings. The maximum absolute atomic E-state index is 10.8. The van der Waals surface area contributed by atoms with Gasteiger partial charge >= 0.3 is 11.7 Å². The van der Waals surface area contributed by atoms with Gasteiger partial charge in [-0.2, -0.15) is 0 Å². The number of nitro benzene ring substituents is 1. The van der Waals surface area contributed by atoms with Crippen molar-refractivity contribution >= 4 is 17.3 Å². The second kappa shape index (κ2) is 7.32. The molecule has 0 fully saturated rings. The van der Waals surface area contributed by atoms with Crippen molar-refractivity contribution in [3.63, 3.8) is 0 Å². The molecule has 0 saturated heterocycles. The second-order valence-electron chi connectivity index (χ2n) is 4.56. The van der Waals surface area contributed by atoms with Crippen molar-refractivity contribution in [3.05, 3.63) is 28.3 Å². The number of carboxylic acid groups (broad SMARTS) is 1. The SMILES string of the molecule is COc1cc(NCC(C)CCC(=O)O)ccc1[N+](=O)[O-]. The van der Waals surface area contributed by atoms with Crippen LogP contribution in [0, 0.1) is 16.0 Å². The Balaban J connectivity index is 2.60. The number of benzene rings is 1. The highest BCUT2D eigenvalue weighted by Gasteiger charge is 2.14. The van der Waals surface area contributed by atoms with E-state index in [9.17, 15) is 14.9 Å². The highest BCUT2D eigenvalue weighted by Crippen LogP contribution is 2.29. The number of hydrogen-bond acceptors (Lipinski definition) is 5. The number of hydrogen-bond donors (Lipinski definition) is 2. The van der Waals surface area contributed by atoms with Crippen LogP contribution in [-0.4, -0.2) is 29.7 Å². The number of anilines is 1. The Bertz CT molecular complexity index is 490. The summed E-state index contributed by atoms with van der Waals surface area (Å²) in [6.07, 6.45) is 0.707. The minimum atomic E-state index is -0.811. The van der Waals surface area contributed by atoms with E-state index in [0.717, 1.165) is 0 Å². The van der Waals surface area contributed by atoms with Gasteiger partial charge in [0.15, 0.2) is 5.75 Å². The van der Waals surface area contributed by atoms with Gasteiger partial charge in [-0.25, -0.2) is 0 Å². The maximum Gasteiger partial charge on any atom is 0.311 e. The molecule has 1 rings (SSSR count). The zero-order valence-corrected chi connectivity index (χ0v) is 11.5. The van der Waals surface area contributed by atoms with E-state index in [-0.39, 0.29) is 23.8 Å². The number of nitrogens with zero attached hydrogens (tertiary/aromatic N) is 1. The first-order chi connectivity index (χ1) is 9.43. The van der Waals surface area contributed by atoms with Crippen LogP contribution in [0.1, 0.15) is 19.8 Å². The van der Waals surface area contributed by atoms with Crippen LogP contribution < -0.4 is 10.1 Å². The Morgan fingerprint density at radius 2 is 2.25 bits per heavy atom. The molecule has 0 aliphatic carbocycles. The van der Waals surface area contributed by atoms with Gasteiger partial charge < -0.3 is 15.2 Å². The third-order valence-electron chi connectivity index (χ3n) is 2.88. The van der Waals surface area contributed by atoms with Gasteiger partial charge in [0, 0.05) is 30.8 Å². The van der Waals surface area contributed by atoms with Crippen LogP contribution in [-0.2, 0) is 4.79 Å². The molecule has 1 unspecified atom stereocenters. The van der Waals surface area contributed by atoms with Gasteiger partial charge in [-0.15, -0.1) is 0 Å². The van der Waals surface area contributed by atoms with Crippen LogP contribution in [0.3, 0.4) is 0 Å². The average Bonchev–Trinajstić information content (AvgIpc) is 2.42. The molecule has 7 heteroatoms. The van der Waals surface area contributed by atoms with E-state index in [1.807, 2.05) is 6.92 Å². The molecule has 0 aliphatic heterocycles. The van der Waals surface area contributed by atoms with Gasteiger partial charge in [-0.05, 0) is 18.4 Å². The second-order valence-corrected chi connectivity index (χ2v) is 4.56. The van der Waals surface area contributed by atoms with Crippen molar-refractivity contribution in [1.82, 2.24) is 0 Å². The lowest BCUT2D eigenvalue weighted by atomic mass is 10.1. The number of rotatable bonds is 8. The zero-order valence-electron chi connectivity index (χ0n) is 11.5. The summed E-state index contributed by atoms with van der Waals surface area (Å²) in [7, 11) is 1.38. The van der Waals surface area contributed by atoms with E-state index in [1.165, 1.54) is 13.2 Å². The van der Waals surface area contributed by atoms with Crippen LogP contribution in [0.5, 0.6) is 5.75 Å². The van der Waals surface area contributed by atoms with Crippen molar-refractivity contribution in [3.8, 4) is 5.75 Å². The molecular formula is C13H18N2O5. The van der Waals surface area contributed by atoms with Crippen molar-refractivity contribution < 1.29 is 19.6 Å². The van der Waals surface area contributed by atoms with Crippen molar-refractivity contribution in [1.29, 1.82) is 0 Å². The summed E-state index contributed by atoms with van der Waals surface area (Å²) in [4.78, 5) is 20.7. The minimum absolute atomic E-state index is 0.0861. The van der Waals surface area contributed by atoms with Gasteiger partial charge in [0.25, 0.3) is 0 Å². The van der Waals surface area contributed by atoms with Crippen LogP contribution in [0.15, 0.2) is 18.2 Å². The van der Waals surface area contributed by atoms with Crippen LogP contribution in [0.25, 0.3) is 0 Å². The molecule has 1 atom stereocenters. The molecule has 1 aromatic rings. The molecule has 110 valence electrons. The smallest absolute Gasteiger partial charge is 0.311 e. The Labute approximate surface area is 116 Å². The Hall–Kier alpha value is -2.31. The number of carbonyl (C=O) groups is 1. The predicted molar refractivity (Wildman–Crippen MR) is 74.2 cm³/mol. The van der Waals surface area contributed by atoms with E-state index in [1.54, 1.807) is 12.1 Å². The van der Waals surface area contributed by atoms with E-state index < -0.39 is 10.9 Å². The molecule has 0 saturated carbocycles. The third-order valence-corrected chi connectivity index (χ3v) is 2.88. The van der Waals surface area contributed by atoms with E-state index >= 15 is 0 Å². The first-order valence-electron chi connectivity index (χ1n) is 6.22. The van der Waals surface area contributed by atoms with Crippen LogP contribution >= 0.6 is 0 Å². The topological polar surface area (TPSA) is 102 Å². The molecule has 0 radical (unpaired) electrons. The van der Waals surface area contributed by atoms with Gasteiger partial charge in [-0.3, -0.25) is 14.9 Å².